The van der Waals surface area contributed by atoms with Gasteiger partial charge in [-0.25, -0.2) is 4.79 Å². The summed E-state index contributed by atoms with van der Waals surface area (Å²) in [4.78, 5) is 25.7. The molecule has 1 fully saturated rings. The van der Waals surface area contributed by atoms with Gasteiger partial charge < -0.3 is 19.3 Å². The van der Waals surface area contributed by atoms with Crippen LogP contribution in [-0.4, -0.2) is 52.3 Å². The van der Waals surface area contributed by atoms with Gasteiger partial charge in [-0.1, -0.05) is 0 Å². The van der Waals surface area contributed by atoms with Crippen LogP contribution in [0.1, 0.15) is 36.8 Å². The van der Waals surface area contributed by atoms with E-state index in [1.807, 2.05) is 24.6 Å². The third-order valence-electron chi connectivity index (χ3n) is 3.57. The van der Waals surface area contributed by atoms with E-state index in [9.17, 15) is 14.7 Å². The predicted molar refractivity (Wildman–Crippen MR) is 72.3 cm³/mol. The quantitative estimate of drug-likeness (QED) is 0.832. The summed E-state index contributed by atoms with van der Waals surface area (Å²) in [5.41, 5.74) is 0.517. The first-order valence-electron chi connectivity index (χ1n) is 6.69. The second-order valence-electron chi connectivity index (χ2n) is 5.28. The van der Waals surface area contributed by atoms with E-state index in [4.69, 9.17) is 4.74 Å². The SMILES string of the molecule is COC(=O)C1CC(O)CN1C(=O)c1cccn1C(C)C. The highest BCUT2D eigenvalue weighted by Gasteiger charge is 2.40. The smallest absolute Gasteiger partial charge is 0.328 e. The molecule has 1 aromatic rings. The van der Waals surface area contributed by atoms with Gasteiger partial charge in [0.15, 0.2) is 0 Å². The maximum absolute atomic E-state index is 12.6. The molecule has 1 aromatic heterocycles. The van der Waals surface area contributed by atoms with Crippen LogP contribution in [0, 0.1) is 0 Å². The minimum Gasteiger partial charge on any atom is -0.467 e. The van der Waals surface area contributed by atoms with Crippen molar-refractivity contribution < 1.29 is 19.4 Å². The number of carbonyl (C=O) groups excluding carboxylic acids is 2. The number of likely N-dealkylation sites (tertiary alicyclic amines) is 1. The lowest BCUT2D eigenvalue weighted by atomic mass is 10.2. The Labute approximate surface area is 117 Å². The summed E-state index contributed by atoms with van der Waals surface area (Å²) < 4.78 is 6.56. The molecule has 20 heavy (non-hydrogen) atoms. The van der Waals surface area contributed by atoms with Crippen LogP contribution in [0.4, 0.5) is 0 Å². The minimum atomic E-state index is -0.710. The predicted octanol–water partition coefficient (Wildman–Crippen LogP) is 0.817. The number of rotatable bonds is 3. The number of aliphatic hydroxyl groups is 1. The van der Waals surface area contributed by atoms with Gasteiger partial charge in [-0.15, -0.1) is 0 Å². The number of aliphatic hydroxyl groups excluding tert-OH is 1. The fourth-order valence-corrected chi connectivity index (χ4v) is 2.57. The zero-order chi connectivity index (χ0) is 14.9. The van der Waals surface area contributed by atoms with Crippen molar-refractivity contribution in [1.82, 2.24) is 9.47 Å². The minimum absolute atomic E-state index is 0.146. The Bertz CT molecular complexity index is 509. The molecular weight excluding hydrogens is 260 g/mol. The highest BCUT2D eigenvalue weighted by molar-refractivity contribution is 5.96. The molecule has 6 heteroatoms. The molecule has 1 saturated heterocycles. The highest BCUT2D eigenvalue weighted by Crippen LogP contribution is 2.23. The van der Waals surface area contributed by atoms with Gasteiger partial charge >= 0.3 is 5.97 Å². The van der Waals surface area contributed by atoms with Crippen molar-refractivity contribution in [2.45, 2.75) is 38.5 Å². The molecule has 0 saturated carbocycles. The molecule has 2 unspecified atom stereocenters. The van der Waals surface area contributed by atoms with Crippen LogP contribution in [0.25, 0.3) is 0 Å². The van der Waals surface area contributed by atoms with Crippen molar-refractivity contribution in [3.8, 4) is 0 Å². The normalized spacial score (nSPS) is 22.4. The van der Waals surface area contributed by atoms with Gasteiger partial charge in [-0.3, -0.25) is 4.79 Å². The van der Waals surface area contributed by atoms with Gasteiger partial charge in [0, 0.05) is 25.2 Å². The van der Waals surface area contributed by atoms with Gasteiger partial charge in [0.2, 0.25) is 0 Å². The fraction of sp³-hybridized carbons (Fsp3) is 0.571. The second kappa shape index (κ2) is 5.66. The van der Waals surface area contributed by atoms with Crippen molar-refractivity contribution in [2.24, 2.45) is 0 Å². The molecule has 2 rings (SSSR count). The summed E-state index contributed by atoms with van der Waals surface area (Å²) in [5, 5.41) is 9.73. The van der Waals surface area contributed by atoms with Crippen LogP contribution < -0.4 is 0 Å². The van der Waals surface area contributed by atoms with E-state index in [0.717, 1.165) is 0 Å². The summed E-state index contributed by atoms with van der Waals surface area (Å²) in [6, 6.07) is 2.96. The molecular formula is C14H20N2O4. The van der Waals surface area contributed by atoms with Crippen LogP contribution in [0.3, 0.4) is 0 Å². The number of hydrogen-bond acceptors (Lipinski definition) is 4. The fourth-order valence-electron chi connectivity index (χ4n) is 2.57. The molecule has 0 bridgehead atoms. The van der Waals surface area contributed by atoms with Gasteiger partial charge in [-0.2, -0.15) is 0 Å². The molecule has 1 amide bonds. The van der Waals surface area contributed by atoms with E-state index >= 15 is 0 Å². The van der Waals surface area contributed by atoms with Crippen molar-refractivity contribution in [2.75, 3.05) is 13.7 Å². The first-order valence-corrected chi connectivity index (χ1v) is 6.69. The number of carbonyl (C=O) groups is 2. The van der Waals surface area contributed by atoms with Crippen LogP contribution in [0.15, 0.2) is 18.3 Å². The van der Waals surface area contributed by atoms with E-state index in [1.165, 1.54) is 12.0 Å². The average Bonchev–Trinajstić information content (AvgIpc) is 3.03. The van der Waals surface area contributed by atoms with Crippen molar-refractivity contribution in [3.63, 3.8) is 0 Å². The first-order chi connectivity index (χ1) is 9.45. The van der Waals surface area contributed by atoms with Gasteiger partial charge in [0.05, 0.1) is 13.2 Å². The third kappa shape index (κ3) is 2.56. The summed E-state index contributed by atoms with van der Waals surface area (Å²) in [6.45, 7) is 4.11. The second-order valence-corrected chi connectivity index (χ2v) is 5.28. The number of β-amino-alcohol motifs (C(OH)–C–C–N with tert-alkyl or cyclic N) is 1. The van der Waals surface area contributed by atoms with Gasteiger partial charge in [-0.05, 0) is 26.0 Å². The average molecular weight is 280 g/mol. The number of nitrogens with zero attached hydrogens (tertiary/aromatic N) is 2. The first kappa shape index (κ1) is 14.6. The molecule has 2 atom stereocenters. The highest BCUT2D eigenvalue weighted by atomic mass is 16.5. The number of esters is 1. The number of ether oxygens (including phenoxy) is 1. The lowest BCUT2D eigenvalue weighted by Crippen LogP contribution is -2.42. The Morgan fingerprint density at radius 3 is 2.75 bits per heavy atom. The van der Waals surface area contributed by atoms with Crippen molar-refractivity contribution >= 4 is 11.9 Å². The number of amides is 1. The molecule has 1 aliphatic rings. The van der Waals surface area contributed by atoms with E-state index in [2.05, 4.69) is 0 Å². The lowest BCUT2D eigenvalue weighted by Gasteiger charge is -2.23. The molecule has 1 N–H and O–H groups in total. The molecule has 1 aliphatic heterocycles. The molecule has 0 radical (unpaired) electrons. The Hall–Kier alpha value is -1.82. The largest absolute Gasteiger partial charge is 0.467 e. The summed E-state index contributed by atoms with van der Waals surface area (Å²) in [5.74, 6) is -0.742. The van der Waals surface area contributed by atoms with Crippen LogP contribution in [0.2, 0.25) is 0 Å². The van der Waals surface area contributed by atoms with E-state index in [1.54, 1.807) is 12.1 Å². The molecule has 2 heterocycles. The van der Waals surface area contributed by atoms with E-state index in [-0.39, 0.29) is 24.9 Å². The van der Waals surface area contributed by atoms with Crippen molar-refractivity contribution in [3.05, 3.63) is 24.0 Å². The topological polar surface area (TPSA) is 71.8 Å². The van der Waals surface area contributed by atoms with Crippen molar-refractivity contribution in [1.29, 1.82) is 0 Å². The monoisotopic (exact) mass is 280 g/mol. The maximum Gasteiger partial charge on any atom is 0.328 e. The number of aromatic nitrogens is 1. The molecule has 0 spiro atoms. The van der Waals surface area contributed by atoms with E-state index < -0.39 is 18.1 Å². The standard InChI is InChI=1S/C14H20N2O4/c1-9(2)15-6-4-5-11(15)13(18)16-8-10(17)7-12(16)14(19)20-3/h4-6,9-10,12,17H,7-8H2,1-3H3. The van der Waals surface area contributed by atoms with Crippen LogP contribution >= 0.6 is 0 Å². The Balaban J connectivity index is 2.27. The summed E-state index contributed by atoms with van der Waals surface area (Å²) in [6.07, 6.45) is 1.36. The Kier molecular flexibility index (Phi) is 4.13. The maximum atomic E-state index is 12.6. The van der Waals surface area contributed by atoms with E-state index in [0.29, 0.717) is 5.69 Å². The zero-order valence-corrected chi connectivity index (χ0v) is 11.9. The van der Waals surface area contributed by atoms with Crippen LogP contribution in [-0.2, 0) is 9.53 Å². The molecule has 6 nitrogen and oxygen atoms in total. The molecule has 0 aliphatic carbocycles. The van der Waals surface area contributed by atoms with Crippen LogP contribution in [0.5, 0.6) is 0 Å². The third-order valence-corrected chi connectivity index (χ3v) is 3.57. The summed E-state index contributed by atoms with van der Waals surface area (Å²) in [7, 11) is 1.28. The zero-order valence-electron chi connectivity index (χ0n) is 11.9. The Morgan fingerprint density at radius 2 is 2.15 bits per heavy atom. The number of hydrogen-bond donors (Lipinski definition) is 1. The summed E-state index contributed by atoms with van der Waals surface area (Å²) >= 11 is 0. The number of methoxy groups -OCH3 is 1. The molecule has 0 aromatic carbocycles. The van der Waals surface area contributed by atoms with Gasteiger partial charge in [0.1, 0.15) is 11.7 Å². The lowest BCUT2D eigenvalue weighted by molar-refractivity contribution is -0.145. The Morgan fingerprint density at radius 1 is 1.45 bits per heavy atom. The van der Waals surface area contributed by atoms with Gasteiger partial charge in [0.25, 0.3) is 5.91 Å². The molecule has 110 valence electrons.